The van der Waals surface area contributed by atoms with Gasteiger partial charge in [0.2, 0.25) is 5.91 Å². The normalized spacial score (nSPS) is 15.8. The molecule has 0 aromatic heterocycles. The minimum atomic E-state index is -0.398. The Balaban J connectivity index is 1.25. The smallest absolute Gasteiger partial charge is 0.260 e. The number of rotatable bonds is 7. The van der Waals surface area contributed by atoms with Crippen molar-refractivity contribution in [3.05, 3.63) is 53.6 Å². The van der Waals surface area contributed by atoms with Crippen molar-refractivity contribution >= 4 is 17.6 Å². The Morgan fingerprint density at radius 2 is 1.66 bits per heavy atom. The van der Waals surface area contributed by atoms with Crippen LogP contribution in [0.15, 0.2) is 42.5 Å². The third-order valence-electron chi connectivity index (χ3n) is 5.71. The molecule has 0 bridgehead atoms. The summed E-state index contributed by atoms with van der Waals surface area (Å²) in [7, 11) is 0. The number of nitrogens with two attached hydrogens (primary N) is 1. The Hall–Kier alpha value is -3.55. The molecule has 8 nitrogen and oxygen atoms in total. The monoisotopic (exact) mass is 438 g/mol. The van der Waals surface area contributed by atoms with Crippen LogP contribution in [0.5, 0.6) is 17.2 Å². The van der Waals surface area contributed by atoms with Crippen molar-refractivity contribution in [2.75, 3.05) is 32.9 Å². The quantitative estimate of drug-likeness (QED) is 0.663. The van der Waals surface area contributed by atoms with Gasteiger partial charge >= 0.3 is 0 Å². The summed E-state index contributed by atoms with van der Waals surface area (Å²) in [5, 5.41) is 0. The van der Waals surface area contributed by atoms with E-state index < -0.39 is 5.91 Å². The van der Waals surface area contributed by atoms with Gasteiger partial charge in [-0.2, -0.15) is 0 Å². The number of ketones is 1. The third-order valence-corrected chi connectivity index (χ3v) is 5.71. The summed E-state index contributed by atoms with van der Waals surface area (Å²) in [5.41, 5.74) is 6.59. The first-order valence-corrected chi connectivity index (χ1v) is 10.7. The number of carbonyl (C=O) groups excluding carboxylic acids is 3. The lowest BCUT2D eigenvalue weighted by atomic mass is 9.88. The van der Waals surface area contributed by atoms with Crippen molar-refractivity contribution in [3.63, 3.8) is 0 Å². The number of hydrogen-bond donors (Lipinski definition) is 1. The number of nitrogens with zero attached hydrogens (tertiary/aromatic N) is 1. The molecule has 2 aromatic rings. The Morgan fingerprint density at radius 3 is 2.34 bits per heavy atom. The van der Waals surface area contributed by atoms with Crippen molar-refractivity contribution in [3.8, 4) is 17.2 Å². The van der Waals surface area contributed by atoms with Gasteiger partial charge in [-0.05, 0) is 48.7 Å². The highest BCUT2D eigenvalue weighted by atomic mass is 16.6. The molecular formula is C24H26N2O6. The molecule has 2 aliphatic heterocycles. The van der Waals surface area contributed by atoms with Gasteiger partial charge in [-0.1, -0.05) is 12.1 Å². The van der Waals surface area contributed by atoms with Crippen LogP contribution in [0.3, 0.4) is 0 Å². The van der Waals surface area contributed by atoms with Crippen LogP contribution in [-0.2, 0) is 16.0 Å². The third kappa shape index (κ3) is 5.19. The molecular weight excluding hydrogens is 412 g/mol. The van der Waals surface area contributed by atoms with Crippen LogP contribution in [0.25, 0.3) is 0 Å². The van der Waals surface area contributed by atoms with Gasteiger partial charge in [0.1, 0.15) is 19.0 Å². The Labute approximate surface area is 186 Å². The summed E-state index contributed by atoms with van der Waals surface area (Å²) in [6.07, 6.45) is 1.39. The van der Waals surface area contributed by atoms with Crippen LogP contribution in [0.4, 0.5) is 0 Å². The summed E-state index contributed by atoms with van der Waals surface area (Å²) in [4.78, 5) is 38.1. The lowest BCUT2D eigenvalue weighted by Gasteiger charge is -2.31. The predicted octanol–water partition coefficient (Wildman–Crippen LogP) is 1.99. The zero-order chi connectivity index (χ0) is 22.5. The first-order chi connectivity index (χ1) is 15.5. The van der Waals surface area contributed by atoms with Crippen LogP contribution in [0.2, 0.25) is 0 Å². The van der Waals surface area contributed by atoms with E-state index in [1.54, 1.807) is 47.4 Å². The highest BCUT2D eigenvalue weighted by molar-refractivity contribution is 5.98. The molecule has 1 fully saturated rings. The van der Waals surface area contributed by atoms with E-state index in [2.05, 4.69) is 0 Å². The van der Waals surface area contributed by atoms with E-state index in [1.165, 1.54) is 0 Å². The molecule has 1 saturated heterocycles. The molecule has 8 heteroatoms. The number of amides is 2. The van der Waals surface area contributed by atoms with Crippen molar-refractivity contribution in [1.29, 1.82) is 0 Å². The van der Waals surface area contributed by atoms with Crippen LogP contribution in [-0.4, -0.2) is 55.4 Å². The molecule has 2 amide bonds. The maximum atomic E-state index is 12.9. The summed E-state index contributed by atoms with van der Waals surface area (Å²) >= 11 is 0. The van der Waals surface area contributed by atoms with E-state index in [0.29, 0.717) is 62.0 Å². The lowest BCUT2D eigenvalue weighted by Crippen LogP contribution is -2.42. The second-order valence-corrected chi connectivity index (χ2v) is 7.95. The molecule has 0 atom stereocenters. The van der Waals surface area contributed by atoms with Gasteiger partial charge in [-0.15, -0.1) is 0 Å². The van der Waals surface area contributed by atoms with E-state index in [9.17, 15) is 14.4 Å². The molecule has 168 valence electrons. The first kappa shape index (κ1) is 21.7. The van der Waals surface area contributed by atoms with E-state index in [4.69, 9.17) is 19.9 Å². The molecule has 2 aliphatic rings. The fourth-order valence-corrected chi connectivity index (χ4v) is 3.96. The molecule has 0 unspecified atom stereocenters. The second kappa shape index (κ2) is 9.72. The van der Waals surface area contributed by atoms with Crippen LogP contribution in [0, 0.1) is 5.92 Å². The number of carbonyl (C=O) groups is 3. The molecule has 4 rings (SSSR count). The number of likely N-dealkylation sites (tertiary alicyclic amines) is 1. The van der Waals surface area contributed by atoms with Crippen molar-refractivity contribution in [1.82, 2.24) is 4.90 Å². The maximum absolute atomic E-state index is 12.9. The van der Waals surface area contributed by atoms with Gasteiger partial charge < -0.3 is 24.8 Å². The van der Waals surface area contributed by atoms with Gasteiger partial charge in [0.15, 0.2) is 23.9 Å². The number of primary amides is 1. The van der Waals surface area contributed by atoms with Crippen LogP contribution < -0.4 is 19.9 Å². The zero-order valence-corrected chi connectivity index (χ0v) is 17.7. The second-order valence-electron chi connectivity index (χ2n) is 7.95. The topological polar surface area (TPSA) is 108 Å². The van der Waals surface area contributed by atoms with Crippen LogP contribution in [0.1, 0.15) is 28.8 Å². The largest absolute Gasteiger partial charge is 0.486 e. The van der Waals surface area contributed by atoms with Crippen molar-refractivity contribution in [2.45, 2.75) is 19.3 Å². The first-order valence-electron chi connectivity index (χ1n) is 10.7. The highest BCUT2D eigenvalue weighted by Gasteiger charge is 2.29. The number of ether oxygens (including phenoxy) is 3. The van der Waals surface area contributed by atoms with E-state index >= 15 is 0 Å². The predicted molar refractivity (Wildman–Crippen MR) is 116 cm³/mol. The minimum absolute atomic E-state index is 0.0707. The van der Waals surface area contributed by atoms with Gasteiger partial charge in [-0.3, -0.25) is 14.4 Å². The minimum Gasteiger partial charge on any atom is -0.486 e. The number of hydrogen-bond acceptors (Lipinski definition) is 6. The molecule has 2 heterocycles. The fraction of sp³-hybridized carbons (Fsp3) is 0.375. The number of Topliss-reactive ketones (excluding diaryl/α,β-unsaturated/α-hetero) is 1. The molecule has 0 radical (unpaired) electrons. The SMILES string of the molecule is NC(=O)Cc1ccc(OCC(=O)N2CCC(C(=O)c3ccc4c(c3)OCCO4)CC2)cc1. The Morgan fingerprint density at radius 1 is 0.969 bits per heavy atom. The molecule has 0 aliphatic carbocycles. The number of fused-ring (bicyclic) bond motifs is 1. The van der Waals surface area contributed by atoms with Gasteiger partial charge in [0.05, 0.1) is 6.42 Å². The number of piperidine rings is 1. The summed E-state index contributed by atoms with van der Waals surface area (Å²) < 4.78 is 16.7. The summed E-state index contributed by atoms with van der Waals surface area (Å²) in [5.74, 6) is 1.25. The van der Waals surface area contributed by atoms with E-state index in [0.717, 1.165) is 5.56 Å². The Bertz CT molecular complexity index is 996. The fourth-order valence-electron chi connectivity index (χ4n) is 3.96. The summed E-state index contributed by atoms with van der Waals surface area (Å²) in [6, 6.07) is 12.2. The lowest BCUT2D eigenvalue weighted by molar-refractivity contribution is -0.134. The summed E-state index contributed by atoms with van der Waals surface area (Å²) in [6.45, 7) is 1.94. The van der Waals surface area contributed by atoms with Crippen molar-refractivity contribution in [2.24, 2.45) is 11.7 Å². The van der Waals surface area contributed by atoms with Gasteiger partial charge in [0, 0.05) is 24.6 Å². The zero-order valence-electron chi connectivity index (χ0n) is 17.7. The van der Waals surface area contributed by atoms with Gasteiger partial charge in [-0.25, -0.2) is 0 Å². The van der Waals surface area contributed by atoms with E-state index in [-0.39, 0.29) is 30.6 Å². The van der Waals surface area contributed by atoms with Gasteiger partial charge in [0.25, 0.3) is 5.91 Å². The molecule has 2 N–H and O–H groups in total. The Kier molecular flexibility index (Phi) is 6.58. The average Bonchev–Trinajstić information content (AvgIpc) is 2.82. The van der Waals surface area contributed by atoms with Crippen molar-refractivity contribution < 1.29 is 28.6 Å². The molecule has 0 spiro atoms. The van der Waals surface area contributed by atoms with Crippen LogP contribution >= 0.6 is 0 Å². The average molecular weight is 438 g/mol. The standard InChI is InChI=1S/C24H26N2O6/c25-22(27)13-16-1-4-19(5-2-16)32-15-23(28)26-9-7-17(8-10-26)24(29)18-3-6-20-21(14-18)31-12-11-30-20/h1-6,14,17H,7-13,15H2,(H2,25,27). The molecule has 0 saturated carbocycles. The molecule has 2 aromatic carbocycles. The molecule has 32 heavy (non-hydrogen) atoms. The van der Waals surface area contributed by atoms with E-state index in [1.807, 2.05) is 0 Å². The maximum Gasteiger partial charge on any atom is 0.260 e. The number of benzene rings is 2. The highest BCUT2D eigenvalue weighted by Crippen LogP contribution is 2.32.